The van der Waals surface area contributed by atoms with Crippen LogP contribution < -0.4 is 22.1 Å². The molecule has 1 aromatic heterocycles. The van der Waals surface area contributed by atoms with Crippen molar-refractivity contribution in [3.8, 4) is 0 Å². The van der Waals surface area contributed by atoms with Gasteiger partial charge in [0.2, 0.25) is 11.9 Å². The van der Waals surface area contributed by atoms with E-state index in [4.69, 9.17) is 21.7 Å². The molecule has 11 heteroatoms. The minimum Gasteiger partial charge on any atom is -0.481 e. The molecule has 1 amide bonds. The summed E-state index contributed by atoms with van der Waals surface area (Å²) in [5, 5.41) is 23.2. The van der Waals surface area contributed by atoms with Crippen LogP contribution in [0.25, 0.3) is 0 Å². The lowest BCUT2D eigenvalue weighted by atomic mass is 9.96. The van der Waals surface area contributed by atoms with E-state index in [-0.39, 0.29) is 31.1 Å². The topological polar surface area (TPSA) is 194 Å². The summed E-state index contributed by atoms with van der Waals surface area (Å²) in [7, 11) is 0. The molecule has 1 unspecified atom stereocenters. The Bertz CT molecular complexity index is 741. The minimum atomic E-state index is -1.23. The molecule has 0 aliphatic carbocycles. The van der Waals surface area contributed by atoms with E-state index in [0.29, 0.717) is 24.6 Å². The van der Waals surface area contributed by atoms with Crippen LogP contribution in [0.3, 0.4) is 0 Å². The van der Waals surface area contributed by atoms with Crippen molar-refractivity contribution in [2.75, 3.05) is 23.3 Å². The van der Waals surface area contributed by atoms with E-state index in [2.05, 4.69) is 20.6 Å². The molecule has 8 N–H and O–H groups in total. The Morgan fingerprint density at radius 2 is 1.89 bits per heavy atom. The number of nitrogens with one attached hydrogen (secondary N) is 2. The van der Waals surface area contributed by atoms with E-state index in [1.807, 2.05) is 0 Å². The van der Waals surface area contributed by atoms with Crippen molar-refractivity contribution >= 4 is 35.4 Å². The number of hydrogen-bond donors (Lipinski definition) is 6. The Morgan fingerprint density at radius 3 is 2.57 bits per heavy atom. The third-order valence-electron chi connectivity index (χ3n) is 4.65. The molecule has 0 saturated carbocycles. The smallest absolute Gasteiger partial charge is 0.326 e. The molecule has 28 heavy (non-hydrogen) atoms. The predicted octanol–water partition coefficient (Wildman–Crippen LogP) is 0.535. The van der Waals surface area contributed by atoms with Crippen LogP contribution in [0, 0.1) is 0 Å². The minimum absolute atomic E-state index is 0.137. The summed E-state index contributed by atoms with van der Waals surface area (Å²) in [5.41, 5.74) is 12.4. The van der Waals surface area contributed by atoms with Crippen LogP contribution in [-0.2, 0) is 14.4 Å². The van der Waals surface area contributed by atoms with Crippen molar-refractivity contribution in [1.29, 1.82) is 0 Å². The quantitative estimate of drug-likeness (QED) is 0.288. The third-order valence-corrected chi connectivity index (χ3v) is 4.65. The summed E-state index contributed by atoms with van der Waals surface area (Å²) < 4.78 is 0. The number of unbranched alkanes of at least 4 members (excludes halogenated alkanes) is 2. The normalized spacial score (nSPS) is 16.1. The standard InChI is InChI=1S/C17H26N6O5/c18-14-13-9(8-20-15(13)23-17(19)22-14)4-2-1-3-5-11(24)21-10(16(27)28)6-7-12(25)26/h9-10H,1-8H2,(H,21,24)(H,25,26)(H,27,28)(H5,18,19,20,22,23)/t9?,10-/m0/s1. The van der Waals surface area contributed by atoms with Gasteiger partial charge < -0.3 is 32.3 Å². The monoisotopic (exact) mass is 394 g/mol. The van der Waals surface area contributed by atoms with Gasteiger partial charge in [-0.3, -0.25) is 9.59 Å². The molecule has 0 saturated heterocycles. The summed E-state index contributed by atoms with van der Waals surface area (Å²) in [6.45, 7) is 0.710. The van der Waals surface area contributed by atoms with Gasteiger partial charge in [-0.05, 0) is 19.3 Å². The number of rotatable bonds is 11. The maximum Gasteiger partial charge on any atom is 0.326 e. The van der Waals surface area contributed by atoms with E-state index in [9.17, 15) is 14.4 Å². The maximum atomic E-state index is 11.9. The average Bonchev–Trinajstić information content (AvgIpc) is 3.00. The second-order valence-electron chi connectivity index (χ2n) is 6.80. The highest BCUT2D eigenvalue weighted by Crippen LogP contribution is 2.37. The van der Waals surface area contributed by atoms with E-state index >= 15 is 0 Å². The fourth-order valence-corrected chi connectivity index (χ4v) is 3.26. The van der Waals surface area contributed by atoms with Crippen molar-refractivity contribution in [3.63, 3.8) is 0 Å². The van der Waals surface area contributed by atoms with Crippen molar-refractivity contribution in [2.24, 2.45) is 0 Å². The summed E-state index contributed by atoms with van der Waals surface area (Å²) in [6, 6.07) is -1.18. The number of carboxylic acids is 2. The first-order valence-corrected chi connectivity index (χ1v) is 9.18. The van der Waals surface area contributed by atoms with Gasteiger partial charge in [0.05, 0.1) is 0 Å². The molecule has 11 nitrogen and oxygen atoms in total. The van der Waals surface area contributed by atoms with Gasteiger partial charge in [-0.25, -0.2) is 4.79 Å². The van der Waals surface area contributed by atoms with Crippen molar-refractivity contribution in [2.45, 2.75) is 56.9 Å². The molecule has 2 heterocycles. The summed E-state index contributed by atoms with van der Waals surface area (Å²) in [6.07, 6.45) is 2.86. The second kappa shape index (κ2) is 9.72. The van der Waals surface area contributed by atoms with E-state index in [0.717, 1.165) is 24.8 Å². The molecule has 1 aliphatic heterocycles. The Kier molecular flexibility index (Phi) is 7.36. The highest BCUT2D eigenvalue weighted by Gasteiger charge is 2.27. The number of carbonyl (C=O) groups excluding carboxylic acids is 1. The summed E-state index contributed by atoms with van der Waals surface area (Å²) in [4.78, 5) is 41.6. The molecular weight excluding hydrogens is 368 g/mol. The number of carbonyl (C=O) groups is 3. The van der Waals surface area contributed by atoms with E-state index < -0.39 is 23.9 Å². The molecule has 0 fully saturated rings. The molecule has 1 aliphatic rings. The predicted molar refractivity (Wildman–Crippen MR) is 102 cm³/mol. The number of anilines is 3. The number of aliphatic carboxylic acids is 2. The van der Waals surface area contributed by atoms with E-state index in [1.54, 1.807) is 0 Å². The zero-order valence-electron chi connectivity index (χ0n) is 15.5. The first-order valence-electron chi connectivity index (χ1n) is 9.18. The van der Waals surface area contributed by atoms with Crippen molar-refractivity contribution < 1.29 is 24.6 Å². The number of aromatic nitrogens is 2. The fourth-order valence-electron chi connectivity index (χ4n) is 3.26. The Labute approximate surface area is 161 Å². The van der Waals surface area contributed by atoms with Crippen LogP contribution in [-0.4, -0.2) is 50.6 Å². The van der Waals surface area contributed by atoms with Crippen LogP contribution in [0.15, 0.2) is 0 Å². The summed E-state index contributed by atoms with van der Waals surface area (Å²) in [5.74, 6) is -1.33. The van der Waals surface area contributed by atoms with Crippen LogP contribution in [0.5, 0.6) is 0 Å². The van der Waals surface area contributed by atoms with Crippen LogP contribution in [0.4, 0.5) is 17.6 Å². The zero-order valence-corrected chi connectivity index (χ0v) is 15.5. The average molecular weight is 394 g/mol. The molecule has 154 valence electrons. The van der Waals surface area contributed by atoms with Crippen LogP contribution in [0.2, 0.25) is 0 Å². The maximum absolute atomic E-state index is 11.9. The van der Waals surface area contributed by atoms with Gasteiger partial charge in [-0.1, -0.05) is 12.8 Å². The molecule has 0 spiro atoms. The number of carboxylic acid groups (broad SMARTS) is 2. The zero-order chi connectivity index (χ0) is 20.7. The van der Waals surface area contributed by atoms with Crippen LogP contribution >= 0.6 is 0 Å². The van der Waals surface area contributed by atoms with Gasteiger partial charge in [0.25, 0.3) is 0 Å². The Hall–Kier alpha value is -3.11. The number of nitrogen functional groups attached to an aromatic ring is 2. The first-order chi connectivity index (χ1) is 13.3. The van der Waals surface area contributed by atoms with Gasteiger partial charge in [-0.2, -0.15) is 9.97 Å². The Morgan fingerprint density at radius 1 is 1.14 bits per heavy atom. The third kappa shape index (κ3) is 5.96. The van der Waals surface area contributed by atoms with Gasteiger partial charge >= 0.3 is 11.9 Å². The SMILES string of the molecule is Nc1nc(N)c2c(n1)NCC2CCCCCC(=O)N[C@@H](CCC(=O)O)C(=O)O. The second-order valence-corrected chi connectivity index (χ2v) is 6.80. The van der Waals surface area contributed by atoms with Crippen LogP contribution in [0.1, 0.15) is 56.4 Å². The van der Waals surface area contributed by atoms with Gasteiger partial charge in [0.15, 0.2) is 0 Å². The lowest BCUT2D eigenvalue weighted by molar-refractivity contribution is -0.143. The lowest BCUT2D eigenvalue weighted by Crippen LogP contribution is -2.41. The fraction of sp³-hybridized carbons (Fsp3) is 0.588. The Balaban J connectivity index is 1.69. The molecule has 0 bridgehead atoms. The number of nitrogens with zero attached hydrogens (tertiary/aromatic N) is 2. The van der Waals surface area contributed by atoms with Gasteiger partial charge in [0.1, 0.15) is 17.7 Å². The van der Waals surface area contributed by atoms with Crippen molar-refractivity contribution in [3.05, 3.63) is 5.56 Å². The first kappa shape index (κ1) is 21.2. The highest BCUT2D eigenvalue weighted by atomic mass is 16.4. The molecule has 2 rings (SSSR count). The molecule has 0 aromatic carbocycles. The molecule has 0 radical (unpaired) electrons. The highest BCUT2D eigenvalue weighted by molar-refractivity contribution is 5.83. The lowest BCUT2D eigenvalue weighted by Gasteiger charge is -2.14. The number of nitrogens with two attached hydrogens (primary N) is 2. The van der Waals surface area contributed by atoms with Gasteiger partial charge in [-0.15, -0.1) is 0 Å². The number of hydrogen-bond acceptors (Lipinski definition) is 8. The summed E-state index contributed by atoms with van der Waals surface area (Å²) >= 11 is 0. The van der Waals surface area contributed by atoms with E-state index in [1.165, 1.54) is 0 Å². The molecular formula is C17H26N6O5. The number of amides is 1. The number of fused-ring (bicyclic) bond motifs is 1. The van der Waals surface area contributed by atoms with Crippen molar-refractivity contribution in [1.82, 2.24) is 15.3 Å². The van der Waals surface area contributed by atoms with Gasteiger partial charge in [0, 0.05) is 30.9 Å². The molecule has 1 aromatic rings. The molecule has 2 atom stereocenters. The largest absolute Gasteiger partial charge is 0.481 e.